The van der Waals surface area contributed by atoms with Crippen molar-refractivity contribution >= 4 is 0 Å². The van der Waals surface area contributed by atoms with Crippen LogP contribution in [0, 0.1) is 0 Å². The quantitative estimate of drug-likeness (QED) is 0.611. The number of nitrogens with two attached hydrogens (primary N) is 1. The van der Waals surface area contributed by atoms with E-state index in [2.05, 4.69) is 4.90 Å². The highest BCUT2D eigenvalue weighted by atomic mass is 16.5. The van der Waals surface area contributed by atoms with Crippen molar-refractivity contribution in [1.29, 1.82) is 0 Å². The molecule has 1 unspecified atom stereocenters. The van der Waals surface area contributed by atoms with Crippen LogP contribution in [0.3, 0.4) is 0 Å². The zero-order chi connectivity index (χ0) is 8.39. The maximum absolute atomic E-state index is 5.96. The van der Waals surface area contributed by atoms with Gasteiger partial charge in [0, 0.05) is 12.6 Å². The average molecular weight is 170 g/mol. The molecule has 70 valence electrons. The SMILES string of the molecule is NC1CCCCN(C2COC2)C1. The lowest BCUT2D eigenvalue weighted by atomic mass is 10.1. The van der Waals surface area contributed by atoms with Gasteiger partial charge in [0.25, 0.3) is 0 Å². The standard InChI is InChI=1S/C9H18N2O/c10-8-3-1-2-4-11(5-8)9-6-12-7-9/h8-9H,1-7,10H2. The molecule has 0 bridgehead atoms. The highest BCUT2D eigenvalue weighted by molar-refractivity contribution is 4.82. The molecule has 2 heterocycles. The van der Waals surface area contributed by atoms with Gasteiger partial charge in [-0.25, -0.2) is 0 Å². The van der Waals surface area contributed by atoms with Crippen LogP contribution in [0.5, 0.6) is 0 Å². The number of ether oxygens (including phenoxy) is 1. The molecule has 2 saturated heterocycles. The molecule has 2 aliphatic rings. The minimum Gasteiger partial charge on any atom is -0.378 e. The van der Waals surface area contributed by atoms with Gasteiger partial charge in [0.2, 0.25) is 0 Å². The van der Waals surface area contributed by atoms with E-state index in [-0.39, 0.29) is 0 Å². The van der Waals surface area contributed by atoms with Crippen molar-refractivity contribution < 1.29 is 4.74 Å². The lowest BCUT2D eigenvalue weighted by Gasteiger charge is -2.37. The molecule has 0 aromatic rings. The minimum absolute atomic E-state index is 0.396. The van der Waals surface area contributed by atoms with Crippen molar-refractivity contribution in [2.24, 2.45) is 5.73 Å². The van der Waals surface area contributed by atoms with E-state index in [0.29, 0.717) is 12.1 Å². The van der Waals surface area contributed by atoms with Gasteiger partial charge in [0.15, 0.2) is 0 Å². The number of nitrogens with zero attached hydrogens (tertiary/aromatic N) is 1. The van der Waals surface area contributed by atoms with Crippen LogP contribution < -0.4 is 5.73 Å². The van der Waals surface area contributed by atoms with Gasteiger partial charge < -0.3 is 10.5 Å². The Hall–Kier alpha value is -0.120. The zero-order valence-corrected chi connectivity index (χ0v) is 7.54. The van der Waals surface area contributed by atoms with Gasteiger partial charge in [0.1, 0.15) is 0 Å². The summed E-state index contributed by atoms with van der Waals surface area (Å²) in [5.74, 6) is 0. The fraction of sp³-hybridized carbons (Fsp3) is 1.00. The van der Waals surface area contributed by atoms with Crippen LogP contribution in [-0.4, -0.2) is 43.3 Å². The molecule has 3 heteroatoms. The molecule has 0 aromatic carbocycles. The second kappa shape index (κ2) is 3.73. The first-order chi connectivity index (χ1) is 5.86. The van der Waals surface area contributed by atoms with Crippen molar-refractivity contribution in [2.45, 2.75) is 31.3 Å². The molecule has 0 saturated carbocycles. The smallest absolute Gasteiger partial charge is 0.0645 e. The first kappa shape index (κ1) is 8.48. The van der Waals surface area contributed by atoms with E-state index in [1.54, 1.807) is 0 Å². The van der Waals surface area contributed by atoms with Crippen molar-refractivity contribution in [3.63, 3.8) is 0 Å². The lowest BCUT2D eigenvalue weighted by molar-refractivity contribution is -0.0646. The maximum atomic E-state index is 5.96. The van der Waals surface area contributed by atoms with E-state index >= 15 is 0 Å². The van der Waals surface area contributed by atoms with Crippen LogP contribution in [-0.2, 0) is 4.74 Å². The Morgan fingerprint density at radius 2 is 2.08 bits per heavy atom. The van der Waals surface area contributed by atoms with Crippen LogP contribution in [0.4, 0.5) is 0 Å². The topological polar surface area (TPSA) is 38.5 Å². The molecule has 2 rings (SSSR count). The summed E-state index contributed by atoms with van der Waals surface area (Å²) in [6, 6.07) is 1.07. The maximum Gasteiger partial charge on any atom is 0.0645 e. The molecule has 0 spiro atoms. The molecule has 0 aromatic heterocycles. The predicted molar refractivity (Wildman–Crippen MR) is 48.0 cm³/mol. The van der Waals surface area contributed by atoms with Crippen LogP contribution in [0.1, 0.15) is 19.3 Å². The molecule has 0 amide bonds. The summed E-state index contributed by atoms with van der Waals surface area (Å²) in [5.41, 5.74) is 5.96. The summed E-state index contributed by atoms with van der Waals surface area (Å²) < 4.78 is 5.18. The first-order valence-electron chi connectivity index (χ1n) is 4.93. The molecular formula is C9H18N2O. The van der Waals surface area contributed by atoms with Crippen LogP contribution in [0.2, 0.25) is 0 Å². The molecule has 2 N–H and O–H groups in total. The molecule has 0 aliphatic carbocycles. The van der Waals surface area contributed by atoms with Gasteiger partial charge in [0.05, 0.1) is 19.3 Å². The summed E-state index contributed by atoms with van der Waals surface area (Å²) in [4.78, 5) is 2.50. The van der Waals surface area contributed by atoms with Gasteiger partial charge in [-0.1, -0.05) is 6.42 Å². The molecule has 0 radical (unpaired) electrons. The summed E-state index contributed by atoms with van der Waals surface area (Å²) >= 11 is 0. The Morgan fingerprint density at radius 3 is 2.75 bits per heavy atom. The van der Waals surface area contributed by atoms with Gasteiger partial charge in [-0.15, -0.1) is 0 Å². The molecule has 12 heavy (non-hydrogen) atoms. The van der Waals surface area contributed by atoms with E-state index in [1.807, 2.05) is 0 Å². The van der Waals surface area contributed by atoms with E-state index < -0.39 is 0 Å². The average Bonchev–Trinajstić information content (AvgIpc) is 2.10. The first-order valence-corrected chi connectivity index (χ1v) is 4.93. The monoisotopic (exact) mass is 170 g/mol. The van der Waals surface area contributed by atoms with Crippen molar-refractivity contribution in [3.05, 3.63) is 0 Å². The third-order valence-corrected chi connectivity index (χ3v) is 2.88. The highest BCUT2D eigenvalue weighted by Crippen LogP contribution is 2.16. The Balaban J connectivity index is 1.85. The zero-order valence-electron chi connectivity index (χ0n) is 7.54. The number of rotatable bonds is 1. The fourth-order valence-electron chi connectivity index (χ4n) is 1.97. The molecular weight excluding hydrogens is 152 g/mol. The highest BCUT2D eigenvalue weighted by Gasteiger charge is 2.27. The fourth-order valence-corrected chi connectivity index (χ4v) is 1.97. The van der Waals surface area contributed by atoms with Gasteiger partial charge in [-0.05, 0) is 19.4 Å². The van der Waals surface area contributed by atoms with Crippen LogP contribution in [0.15, 0.2) is 0 Å². The largest absolute Gasteiger partial charge is 0.378 e. The van der Waals surface area contributed by atoms with E-state index in [9.17, 15) is 0 Å². The predicted octanol–water partition coefficient (Wildman–Crippen LogP) is 0.198. The molecule has 2 aliphatic heterocycles. The Bertz CT molecular complexity index is 147. The summed E-state index contributed by atoms with van der Waals surface area (Å²) in [5, 5.41) is 0. The van der Waals surface area contributed by atoms with Crippen LogP contribution in [0.25, 0.3) is 0 Å². The van der Waals surface area contributed by atoms with Crippen molar-refractivity contribution in [1.82, 2.24) is 4.90 Å². The molecule has 3 nitrogen and oxygen atoms in total. The van der Waals surface area contributed by atoms with E-state index in [0.717, 1.165) is 19.8 Å². The summed E-state index contributed by atoms with van der Waals surface area (Å²) in [6.07, 6.45) is 3.81. The minimum atomic E-state index is 0.396. The molecule has 2 fully saturated rings. The summed E-state index contributed by atoms with van der Waals surface area (Å²) in [7, 11) is 0. The number of likely N-dealkylation sites (tertiary alicyclic amines) is 1. The second-order valence-corrected chi connectivity index (χ2v) is 3.94. The van der Waals surface area contributed by atoms with E-state index in [1.165, 1.54) is 25.8 Å². The third-order valence-electron chi connectivity index (χ3n) is 2.88. The van der Waals surface area contributed by atoms with Gasteiger partial charge in [-0.3, -0.25) is 4.90 Å². The normalized spacial score (nSPS) is 34.2. The third kappa shape index (κ3) is 1.79. The number of hydrogen-bond donors (Lipinski definition) is 1. The van der Waals surface area contributed by atoms with Crippen molar-refractivity contribution in [3.8, 4) is 0 Å². The van der Waals surface area contributed by atoms with Gasteiger partial charge in [-0.2, -0.15) is 0 Å². The second-order valence-electron chi connectivity index (χ2n) is 3.94. The van der Waals surface area contributed by atoms with Crippen LogP contribution >= 0.6 is 0 Å². The molecule has 1 atom stereocenters. The van der Waals surface area contributed by atoms with Crippen molar-refractivity contribution in [2.75, 3.05) is 26.3 Å². The summed E-state index contributed by atoms with van der Waals surface area (Å²) in [6.45, 7) is 4.15. The van der Waals surface area contributed by atoms with E-state index in [4.69, 9.17) is 10.5 Å². The van der Waals surface area contributed by atoms with Gasteiger partial charge >= 0.3 is 0 Å². The Kier molecular flexibility index (Phi) is 2.63. The Labute approximate surface area is 73.9 Å². The lowest BCUT2D eigenvalue weighted by Crippen LogP contribution is -2.52. The number of hydrogen-bond acceptors (Lipinski definition) is 3. The Morgan fingerprint density at radius 1 is 1.25 bits per heavy atom.